The Hall–Kier alpha value is -2.40. The lowest BCUT2D eigenvalue weighted by Gasteiger charge is -2.05. The highest BCUT2D eigenvalue weighted by Gasteiger charge is 2.23. The molecule has 2 aromatic heterocycles. The fourth-order valence-corrected chi connectivity index (χ4v) is 4.31. The normalized spacial score (nSPS) is 15.1. The Morgan fingerprint density at radius 2 is 2.04 bits per heavy atom. The third kappa shape index (κ3) is 2.68. The van der Waals surface area contributed by atoms with E-state index in [0.29, 0.717) is 13.2 Å². The number of ether oxygens (including phenoxy) is 1. The maximum atomic E-state index is 12.9. The van der Waals surface area contributed by atoms with E-state index in [9.17, 15) is 4.79 Å². The number of hydrogen-bond acceptors (Lipinski definition) is 4. The van der Waals surface area contributed by atoms with E-state index in [4.69, 9.17) is 9.72 Å². The van der Waals surface area contributed by atoms with Crippen molar-refractivity contribution in [2.45, 2.75) is 33.7 Å². The van der Waals surface area contributed by atoms with Crippen molar-refractivity contribution in [1.82, 2.24) is 9.55 Å². The minimum atomic E-state index is 0.0944. The molecule has 0 aliphatic carbocycles. The van der Waals surface area contributed by atoms with Gasteiger partial charge < -0.3 is 4.74 Å². The summed E-state index contributed by atoms with van der Waals surface area (Å²) in [5, 5.41) is 0.786. The monoisotopic (exact) mass is 352 g/mol. The van der Waals surface area contributed by atoms with Crippen molar-refractivity contribution in [2.75, 3.05) is 6.61 Å². The van der Waals surface area contributed by atoms with Crippen LogP contribution < -0.4 is 10.3 Å². The second-order valence-electron chi connectivity index (χ2n) is 6.28. The van der Waals surface area contributed by atoms with E-state index < -0.39 is 0 Å². The van der Waals surface area contributed by atoms with Gasteiger partial charge in [0.15, 0.2) is 0 Å². The molecule has 5 heteroatoms. The molecular formula is C20H20N2O2S. The van der Waals surface area contributed by atoms with Crippen LogP contribution in [0.3, 0.4) is 0 Å². The van der Waals surface area contributed by atoms with Crippen molar-refractivity contribution in [1.29, 1.82) is 0 Å². The molecular weight excluding hydrogens is 332 g/mol. The van der Waals surface area contributed by atoms with Crippen molar-refractivity contribution in [3.05, 3.63) is 56.4 Å². The van der Waals surface area contributed by atoms with E-state index in [2.05, 4.69) is 6.08 Å². The molecule has 1 aliphatic heterocycles. The fourth-order valence-electron chi connectivity index (χ4n) is 3.29. The van der Waals surface area contributed by atoms with Crippen molar-refractivity contribution in [3.63, 3.8) is 0 Å². The summed E-state index contributed by atoms with van der Waals surface area (Å²) in [7, 11) is 0. The molecule has 0 amide bonds. The minimum absolute atomic E-state index is 0.0944. The van der Waals surface area contributed by atoms with Gasteiger partial charge in [0, 0.05) is 11.4 Å². The third-order valence-electron chi connectivity index (χ3n) is 4.71. The quantitative estimate of drug-likeness (QED) is 0.701. The number of nitrogens with zero attached hydrogens (tertiary/aromatic N) is 2. The lowest BCUT2D eigenvalue weighted by Crippen LogP contribution is -2.20. The first kappa shape index (κ1) is 16.1. The van der Waals surface area contributed by atoms with Gasteiger partial charge in [0.25, 0.3) is 5.56 Å². The average Bonchev–Trinajstić information content (AvgIpc) is 3.12. The Balaban J connectivity index is 1.78. The summed E-state index contributed by atoms with van der Waals surface area (Å²) in [4.78, 5) is 19.7. The summed E-state index contributed by atoms with van der Waals surface area (Å²) in [6.45, 7) is 7.40. The Morgan fingerprint density at radius 3 is 2.76 bits per heavy atom. The summed E-state index contributed by atoms with van der Waals surface area (Å²) in [6.07, 6.45) is 2.96. The topological polar surface area (TPSA) is 44.1 Å². The SMILES string of the molecule is CCOc1ccc(/C=C2\CCn3c2nc2sc(C)c(C)c2c3=O)cc1. The van der Waals surface area contributed by atoms with E-state index in [1.54, 1.807) is 11.3 Å². The summed E-state index contributed by atoms with van der Waals surface area (Å²) in [5.41, 5.74) is 3.38. The predicted octanol–water partition coefficient (Wildman–Crippen LogP) is 4.42. The third-order valence-corrected chi connectivity index (χ3v) is 5.81. The van der Waals surface area contributed by atoms with Gasteiger partial charge in [-0.1, -0.05) is 12.1 Å². The smallest absolute Gasteiger partial charge is 0.262 e. The maximum absolute atomic E-state index is 12.9. The zero-order valence-corrected chi connectivity index (χ0v) is 15.4. The number of aryl methyl sites for hydroxylation is 2. The van der Waals surface area contributed by atoms with E-state index in [-0.39, 0.29) is 5.56 Å². The van der Waals surface area contributed by atoms with Crippen molar-refractivity contribution >= 4 is 33.2 Å². The lowest BCUT2D eigenvalue weighted by atomic mass is 10.1. The molecule has 0 fully saturated rings. The van der Waals surface area contributed by atoms with E-state index in [1.165, 1.54) is 4.88 Å². The van der Waals surface area contributed by atoms with Crippen LogP contribution in [0.1, 0.15) is 35.2 Å². The average molecular weight is 352 g/mol. The van der Waals surface area contributed by atoms with E-state index in [0.717, 1.165) is 44.9 Å². The van der Waals surface area contributed by atoms with Crippen LogP contribution in [0.25, 0.3) is 21.9 Å². The van der Waals surface area contributed by atoms with E-state index in [1.807, 2.05) is 49.6 Å². The molecule has 3 aromatic rings. The van der Waals surface area contributed by atoms with Gasteiger partial charge in [-0.3, -0.25) is 9.36 Å². The van der Waals surface area contributed by atoms with E-state index >= 15 is 0 Å². The minimum Gasteiger partial charge on any atom is -0.494 e. The first-order valence-electron chi connectivity index (χ1n) is 8.53. The molecule has 0 radical (unpaired) electrons. The molecule has 0 unspecified atom stereocenters. The van der Waals surface area contributed by atoms with Gasteiger partial charge in [0.05, 0.1) is 12.0 Å². The molecule has 3 heterocycles. The molecule has 1 aromatic carbocycles. The number of fused-ring (bicyclic) bond motifs is 2. The molecule has 0 bridgehead atoms. The van der Waals surface area contributed by atoms with Crippen LogP contribution in [0.15, 0.2) is 29.1 Å². The van der Waals surface area contributed by atoms with Crippen LogP contribution in [-0.4, -0.2) is 16.2 Å². The zero-order valence-electron chi connectivity index (χ0n) is 14.6. The standard InChI is InChI=1S/C20H20N2O2S/c1-4-24-16-7-5-14(6-8-16)11-15-9-10-22-18(15)21-19-17(20(22)23)12(2)13(3)25-19/h5-8,11H,4,9-10H2,1-3H3/b15-11+. The van der Waals surface area contributed by atoms with Gasteiger partial charge in [0.2, 0.25) is 0 Å². The molecule has 0 saturated carbocycles. The number of rotatable bonds is 3. The molecule has 0 saturated heterocycles. The molecule has 0 N–H and O–H groups in total. The number of thiophene rings is 1. The Bertz CT molecular complexity index is 1040. The van der Waals surface area contributed by atoms with Crippen LogP contribution in [0.2, 0.25) is 0 Å². The van der Waals surface area contributed by atoms with Crippen LogP contribution in [0.5, 0.6) is 5.75 Å². The lowest BCUT2D eigenvalue weighted by molar-refractivity contribution is 0.340. The van der Waals surface area contributed by atoms with Crippen molar-refractivity contribution in [3.8, 4) is 5.75 Å². The second kappa shape index (κ2) is 6.15. The molecule has 25 heavy (non-hydrogen) atoms. The molecule has 0 spiro atoms. The van der Waals surface area contributed by atoms with Gasteiger partial charge in [-0.15, -0.1) is 11.3 Å². The summed E-state index contributed by atoms with van der Waals surface area (Å²) in [5.74, 6) is 1.68. The van der Waals surface area contributed by atoms with Crippen LogP contribution in [-0.2, 0) is 6.54 Å². The van der Waals surface area contributed by atoms with Crippen LogP contribution in [0, 0.1) is 13.8 Å². The Morgan fingerprint density at radius 1 is 1.28 bits per heavy atom. The second-order valence-corrected chi connectivity index (χ2v) is 7.48. The number of allylic oxidation sites excluding steroid dienone is 1. The fraction of sp³-hybridized carbons (Fsp3) is 0.300. The Labute approximate surface area is 150 Å². The molecule has 4 nitrogen and oxygen atoms in total. The number of hydrogen-bond donors (Lipinski definition) is 0. The van der Waals surface area contributed by atoms with Gasteiger partial charge in [-0.25, -0.2) is 4.98 Å². The summed E-state index contributed by atoms with van der Waals surface area (Å²) in [6, 6.07) is 8.02. The number of aromatic nitrogens is 2. The van der Waals surface area contributed by atoms with Crippen molar-refractivity contribution < 1.29 is 4.74 Å². The largest absolute Gasteiger partial charge is 0.494 e. The Kier molecular flexibility index (Phi) is 3.96. The predicted molar refractivity (Wildman–Crippen MR) is 103 cm³/mol. The summed E-state index contributed by atoms with van der Waals surface area (Å²) < 4.78 is 7.31. The molecule has 128 valence electrons. The van der Waals surface area contributed by atoms with Gasteiger partial charge in [-0.2, -0.15) is 0 Å². The van der Waals surface area contributed by atoms with Crippen LogP contribution >= 0.6 is 11.3 Å². The van der Waals surface area contributed by atoms with Crippen molar-refractivity contribution in [2.24, 2.45) is 0 Å². The first-order chi connectivity index (χ1) is 12.1. The molecule has 1 aliphatic rings. The molecule has 0 atom stereocenters. The highest BCUT2D eigenvalue weighted by Crippen LogP contribution is 2.32. The van der Waals surface area contributed by atoms with Gasteiger partial charge in [-0.05, 0) is 62.1 Å². The zero-order chi connectivity index (χ0) is 17.6. The maximum Gasteiger partial charge on any atom is 0.262 e. The van der Waals surface area contributed by atoms with Gasteiger partial charge >= 0.3 is 0 Å². The van der Waals surface area contributed by atoms with Crippen LogP contribution in [0.4, 0.5) is 0 Å². The first-order valence-corrected chi connectivity index (χ1v) is 9.34. The number of benzene rings is 1. The highest BCUT2D eigenvalue weighted by molar-refractivity contribution is 7.18. The molecule has 4 rings (SSSR count). The summed E-state index contributed by atoms with van der Waals surface area (Å²) >= 11 is 1.61. The highest BCUT2D eigenvalue weighted by atomic mass is 32.1. The van der Waals surface area contributed by atoms with Gasteiger partial charge in [0.1, 0.15) is 16.4 Å².